The van der Waals surface area contributed by atoms with Crippen molar-refractivity contribution in [3.8, 4) is 0 Å². The largest absolute Gasteiger partial charge is 0.468 e. The van der Waals surface area contributed by atoms with Gasteiger partial charge < -0.3 is 14.8 Å². The summed E-state index contributed by atoms with van der Waals surface area (Å²) in [4.78, 5) is 12.1. The monoisotopic (exact) mass is 277 g/mol. The molecule has 0 saturated carbocycles. The van der Waals surface area contributed by atoms with Crippen LogP contribution in [0.2, 0.25) is 0 Å². The fourth-order valence-corrected chi connectivity index (χ4v) is 2.75. The number of benzene rings is 1. The van der Waals surface area contributed by atoms with Crippen LogP contribution in [0.1, 0.15) is 31.9 Å². The summed E-state index contributed by atoms with van der Waals surface area (Å²) < 4.78 is 10.4. The first-order valence-electron chi connectivity index (χ1n) is 7.05. The fourth-order valence-electron chi connectivity index (χ4n) is 2.75. The number of esters is 1. The fraction of sp³-hybridized carbons (Fsp3) is 0.562. The van der Waals surface area contributed by atoms with Crippen molar-refractivity contribution in [2.24, 2.45) is 5.41 Å². The average Bonchev–Trinajstić information content (AvgIpc) is 2.49. The van der Waals surface area contributed by atoms with E-state index in [4.69, 9.17) is 9.47 Å². The third kappa shape index (κ3) is 3.02. The molecular formula is C16H23NO3. The van der Waals surface area contributed by atoms with Crippen LogP contribution in [0.25, 0.3) is 0 Å². The first kappa shape index (κ1) is 15.0. The Kier molecular flexibility index (Phi) is 4.78. The molecule has 0 amide bonds. The van der Waals surface area contributed by atoms with Gasteiger partial charge in [0, 0.05) is 18.7 Å². The maximum absolute atomic E-state index is 12.1. The van der Waals surface area contributed by atoms with E-state index in [1.807, 2.05) is 25.1 Å². The molecule has 3 atom stereocenters. The molecule has 0 aliphatic carbocycles. The highest BCUT2D eigenvalue weighted by atomic mass is 16.5. The van der Waals surface area contributed by atoms with Crippen molar-refractivity contribution in [2.75, 3.05) is 20.3 Å². The third-order valence-electron chi connectivity index (χ3n) is 4.12. The number of hydrogen-bond acceptors (Lipinski definition) is 4. The van der Waals surface area contributed by atoms with Gasteiger partial charge in [0.25, 0.3) is 0 Å². The summed E-state index contributed by atoms with van der Waals surface area (Å²) in [6, 6.07) is 10.5. The summed E-state index contributed by atoms with van der Waals surface area (Å²) in [5.74, 6) is -0.213. The Balaban J connectivity index is 2.11. The highest BCUT2D eigenvalue weighted by Crippen LogP contribution is 2.31. The standard InChI is InChI=1S/C16H23NO3/c1-12(13-7-5-4-6-8-13)17-14-9-10-20-11-16(14,2)15(18)19-3/h4-8,12,14,17H,9-11H2,1-3H3/t12-,14-,16?/m1/s1. The molecule has 4 heteroatoms. The van der Waals surface area contributed by atoms with Crippen molar-refractivity contribution in [1.82, 2.24) is 5.32 Å². The van der Waals surface area contributed by atoms with Crippen molar-refractivity contribution in [3.63, 3.8) is 0 Å². The predicted molar refractivity (Wildman–Crippen MR) is 77.3 cm³/mol. The van der Waals surface area contributed by atoms with Gasteiger partial charge in [0.05, 0.1) is 13.7 Å². The lowest BCUT2D eigenvalue weighted by Crippen LogP contribution is -2.55. The number of carbonyl (C=O) groups excluding carboxylic acids is 1. The number of carbonyl (C=O) groups is 1. The lowest BCUT2D eigenvalue weighted by molar-refractivity contribution is -0.162. The van der Waals surface area contributed by atoms with Crippen LogP contribution in [0.3, 0.4) is 0 Å². The molecule has 1 heterocycles. The van der Waals surface area contributed by atoms with E-state index in [0.29, 0.717) is 13.2 Å². The summed E-state index contributed by atoms with van der Waals surface area (Å²) in [7, 11) is 1.43. The van der Waals surface area contributed by atoms with E-state index in [9.17, 15) is 4.79 Å². The molecule has 20 heavy (non-hydrogen) atoms. The van der Waals surface area contributed by atoms with E-state index < -0.39 is 5.41 Å². The van der Waals surface area contributed by atoms with Crippen molar-refractivity contribution in [2.45, 2.75) is 32.4 Å². The minimum Gasteiger partial charge on any atom is -0.468 e. The molecule has 4 nitrogen and oxygen atoms in total. The van der Waals surface area contributed by atoms with Gasteiger partial charge in [0.1, 0.15) is 5.41 Å². The Bertz CT molecular complexity index is 448. The van der Waals surface area contributed by atoms with Crippen molar-refractivity contribution >= 4 is 5.97 Å². The Labute approximate surface area is 120 Å². The van der Waals surface area contributed by atoms with Crippen molar-refractivity contribution < 1.29 is 14.3 Å². The van der Waals surface area contributed by atoms with Gasteiger partial charge in [-0.25, -0.2) is 0 Å². The Morgan fingerprint density at radius 2 is 2.15 bits per heavy atom. The second-order valence-corrected chi connectivity index (χ2v) is 5.60. The topological polar surface area (TPSA) is 47.6 Å². The van der Waals surface area contributed by atoms with E-state index in [1.54, 1.807) is 0 Å². The number of hydrogen-bond donors (Lipinski definition) is 1. The number of methoxy groups -OCH3 is 1. The summed E-state index contributed by atoms with van der Waals surface area (Å²) in [5.41, 5.74) is 0.585. The molecule has 1 unspecified atom stereocenters. The number of ether oxygens (including phenoxy) is 2. The second kappa shape index (κ2) is 6.37. The molecule has 110 valence electrons. The highest BCUT2D eigenvalue weighted by molar-refractivity contribution is 5.77. The zero-order chi connectivity index (χ0) is 14.6. The van der Waals surface area contributed by atoms with E-state index >= 15 is 0 Å². The zero-order valence-corrected chi connectivity index (χ0v) is 12.4. The van der Waals surface area contributed by atoms with E-state index in [2.05, 4.69) is 24.4 Å². The number of nitrogens with one attached hydrogen (secondary N) is 1. The molecule has 1 aliphatic heterocycles. The molecule has 1 saturated heterocycles. The summed E-state index contributed by atoms with van der Waals surface area (Å²) in [6.45, 7) is 5.10. The zero-order valence-electron chi connectivity index (χ0n) is 12.4. The molecular weight excluding hydrogens is 254 g/mol. The lowest BCUT2D eigenvalue weighted by Gasteiger charge is -2.40. The maximum atomic E-state index is 12.1. The maximum Gasteiger partial charge on any atom is 0.315 e. The van der Waals surface area contributed by atoms with Gasteiger partial charge in [-0.15, -0.1) is 0 Å². The SMILES string of the molecule is COC(=O)C1(C)COCC[C@H]1N[C@H](C)c1ccccc1. The van der Waals surface area contributed by atoms with Crippen LogP contribution in [-0.2, 0) is 14.3 Å². The first-order valence-corrected chi connectivity index (χ1v) is 7.05. The average molecular weight is 277 g/mol. The normalized spacial score (nSPS) is 27.9. The molecule has 1 aromatic rings. The summed E-state index contributed by atoms with van der Waals surface area (Å²) in [6.07, 6.45) is 0.808. The van der Waals surface area contributed by atoms with Crippen LogP contribution in [0, 0.1) is 5.41 Å². The molecule has 0 spiro atoms. The predicted octanol–water partition coefficient (Wildman–Crippen LogP) is 2.31. The molecule has 0 bridgehead atoms. The van der Waals surface area contributed by atoms with Gasteiger partial charge >= 0.3 is 5.97 Å². The molecule has 1 aromatic carbocycles. The first-order chi connectivity index (χ1) is 9.58. The Morgan fingerprint density at radius 1 is 1.45 bits per heavy atom. The van der Waals surface area contributed by atoms with Crippen LogP contribution >= 0.6 is 0 Å². The van der Waals surface area contributed by atoms with Gasteiger partial charge in [-0.2, -0.15) is 0 Å². The van der Waals surface area contributed by atoms with Gasteiger partial charge in [0.15, 0.2) is 0 Å². The van der Waals surface area contributed by atoms with Gasteiger partial charge in [-0.05, 0) is 25.8 Å². The summed E-state index contributed by atoms with van der Waals surface area (Å²) >= 11 is 0. The van der Waals surface area contributed by atoms with Gasteiger partial charge in [0.2, 0.25) is 0 Å². The van der Waals surface area contributed by atoms with Crippen LogP contribution < -0.4 is 5.32 Å². The van der Waals surface area contributed by atoms with Crippen LogP contribution in [0.5, 0.6) is 0 Å². The minimum atomic E-state index is -0.629. The van der Waals surface area contributed by atoms with E-state index in [-0.39, 0.29) is 18.1 Å². The molecule has 1 fully saturated rings. The molecule has 0 radical (unpaired) electrons. The second-order valence-electron chi connectivity index (χ2n) is 5.60. The Hall–Kier alpha value is -1.39. The molecule has 1 aliphatic rings. The van der Waals surface area contributed by atoms with Crippen LogP contribution in [0.4, 0.5) is 0 Å². The lowest BCUT2D eigenvalue weighted by atomic mass is 9.79. The Morgan fingerprint density at radius 3 is 2.80 bits per heavy atom. The smallest absolute Gasteiger partial charge is 0.315 e. The van der Waals surface area contributed by atoms with Crippen LogP contribution in [-0.4, -0.2) is 32.3 Å². The van der Waals surface area contributed by atoms with Crippen molar-refractivity contribution in [1.29, 1.82) is 0 Å². The quantitative estimate of drug-likeness (QED) is 0.858. The van der Waals surface area contributed by atoms with Crippen molar-refractivity contribution in [3.05, 3.63) is 35.9 Å². The summed E-state index contributed by atoms with van der Waals surface area (Å²) in [5, 5.41) is 3.56. The van der Waals surface area contributed by atoms with Gasteiger partial charge in [-0.3, -0.25) is 4.79 Å². The van der Waals surface area contributed by atoms with E-state index in [0.717, 1.165) is 6.42 Å². The number of rotatable bonds is 4. The molecule has 0 aromatic heterocycles. The highest BCUT2D eigenvalue weighted by Gasteiger charge is 2.45. The minimum absolute atomic E-state index is 0.0545. The van der Waals surface area contributed by atoms with Crippen LogP contribution in [0.15, 0.2) is 30.3 Å². The molecule has 1 N–H and O–H groups in total. The van der Waals surface area contributed by atoms with E-state index in [1.165, 1.54) is 12.7 Å². The van der Waals surface area contributed by atoms with Gasteiger partial charge in [-0.1, -0.05) is 30.3 Å². The molecule has 2 rings (SSSR count). The third-order valence-corrected chi connectivity index (χ3v) is 4.12.